The second-order valence-corrected chi connectivity index (χ2v) is 7.68. The van der Waals surface area contributed by atoms with Gasteiger partial charge in [-0.05, 0) is 32.0 Å². The quantitative estimate of drug-likeness (QED) is 0.443. The summed E-state index contributed by atoms with van der Waals surface area (Å²) in [7, 11) is 1.49. The van der Waals surface area contributed by atoms with Gasteiger partial charge in [0.05, 0.1) is 28.2 Å². The minimum absolute atomic E-state index is 0.203. The molecule has 1 amide bonds. The van der Waals surface area contributed by atoms with Gasteiger partial charge < -0.3 is 20.4 Å². The molecule has 0 unspecified atom stereocenters. The molecule has 0 radical (unpaired) electrons. The number of ether oxygens (including phenoxy) is 1. The molecule has 0 saturated heterocycles. The van der Waals surface area contributed by atoms with Gasteiger partial charge in [0.2, 0.25) is 0 Å². The van der Waals surface area contributed by atoms with Crippen LogP contribution < -0.4 is 15.8 Å². The van der Waals surface area contributed by atoms with E-state index in [0.717, 1.165) is 16.3 Å². The van der Waals surface area contributed by atoms with E-state index in [9.17, 15) is 4.79 Å². The lowest BCUT2D eigenvalue weighted by Gasteiger charge is -2.21. The second-order valence-electron chi connectivity index (χ2n) is 6.92. The molecule has 0 saturated carbocycles. The van der Waals surface area contributed by atoms with Crippen molar-refractivity contribution in [2.24, 2.45) is 0 Å². The Kier molecular flexibility index (Phi) is 5.64. The van der Waals surface area contributed by atoms with Crippen LogP contribution in [0.3, 0.4) is 0 Å². The molecule has 3 aromatic heterocycles. The van der Waals surface area contributed by atoms with Crippen LogP contribution in [0.25, 0.3) is 33.1 Å². The van der Waals surface area contributed by atoms with E-state index in [1.165, 1.54) is 13.2 Å². The summed E-state index contributed by atoms with van der Waals surface area (Å²) in [6.45, 7) is 4.89. The van der Waals surface area contributed by atoms with Gasteiger partial charge in [0, 0.05) is 47.4 Å². The molecule has 1 aromatic carbocycles. The summed E-state index contributed by atoms with van der Waals surface area (Å²) >= 11 is 13.4. The monoisotopic (exact) mass is 457 g/mol. The Morgan fingerprint density at radius 2 is 2.00 bits per heavy atom. The number of rotatable bonds is 5. The lowest BCUT2D eigenvalue weighted by molar-refractivity contribution is 0.0955. The van der Waals surface area contributed by atoms with Gasteiger partial charge in [0.15, 0.2) is 5.65 Å². The summed E-state index contributed by atoms with van der Waals surface area (Å²) in [5, 5.41) is 4.99. The van der Waals surface area contributed by atoms with Crippen LogP contribution >= 0.6 is 23.2 Å². The number of halogens is 2. The van der Waals surface area contributed by atoms with Gasteiger partial charge in [-0.15, -0.1) is 0 Å². The van der Waals surface area contributed by atoms with Crippen molar-refractivity contribution in [3.63, 3.8) is 0 Å². The molecule has 0 aliphatic rings. The van der Waals surface area contributed by atoms with Gasteiger partial charge >= 0.3 is 0 Å². The number of nitrogens with two attached hydrogens (primary N) is 1. The highest BCUT2D eigenvalue weighted by Gasteiger charge is 2.24. The molecule has 0 bridgehead atoms. The van der Waals surface area contributed by atoms with Gasteiger partial charge in [0.1, 0.15) is 11.6 Å². The molecular weight excluding hydrogens is 437 g/mol. The number of fused-ring (bicyclic) bond motifs is 3. The summed E-state index contributed by atoms with van der Waals surface area (Å²) in [4.78, 5) is 21.3. The molecule has 9 heteroatoms. The van der Waals surface area contributed by atoms with E-state index >= 15 is 0 Å². The number of methoxy groups -OCH3 is 1. The average Bonchev–Trinajstić information content (AvgIpc) is 3.23. The predicted octanol–water partition coefficient (Wildman–Crippen LogP) is 4.92. The fourth-order valence-electron chi connectivity index (χ4n) is 3.81. The van der Waals surface area contributed by atoms with E-state index in [2.05, 4.69) is 15.3 Å². The maximum atomic E-state index is 12.6. The number of aryl methyl sites for hydroxylation is 1. The Morgan fingerprint density at radius 1 is 1.23 bits per heavy atom. The van der Waals surface area contributed by atoms with E-state index in [1.807, 2.05) is 30.5 Å². The third-order valence-corrected chi connectivity index (χ3v) is 5.99. The van der Waals surface area contributed by atoms with Crippen LogP contribution in [0.15, 0.2) is 30.6 Å². The maximum Gasteiger partial charge on any atom is 0.252 e. The topological polar surface area (TPSA) is 95.1 Å². The summed E-state index contributed by atoms with van der Waals surface area (Å²) in [5.41, 5.74) is 9.49. The third-order valence-electron chi connectivity index (χ3n) is 5.22. The van der Waals surface area contributed by atoms with E-state index in [0.29, 0.717) is 41.4 Å². The first-order valence-electron chi connectivity index (χ1n) is 9.79. The first kappa shape index (κ1) is 21.2. The second kappa shape index (κ2) is 8.24. The van der Waals surface area contributed by atoms with Crippen LogP contribution in [0, 0.1) is 0 Å². The van der Waals surface area contributed by atoms with Crippen LogP contribution in [0.4, 0.5) is 5.82 Å². The maximum absolute atomic E-state index is 12.6. The molecule has 31 heavy (non-hydrogen) atoms. The largest absolute Gasteiger partial charge is 0.495 e. The number of benzene rings is 1. The number of amides is 1. The molecule has 160 valence electrons. The van der Waals surface area contributed by atoms with E-state index in [4.69, 9.17) is 33.7 Å². The number of nitrogens with one attached hydrogen (secondary N) is 1. The van der Waals surface area contributed by atoms with Crippen molar-refractivity contribution in [3.05, 3.63) is 46.2 Å². The zero-order valence-electron chi connectivity index (χ0n) is 17.3. The minimum atomic E-state index is -0.322. The van der Waals surface area contributed by atoms with Crippen LogP contribution in [-0.2, 0) is 6.54 Å². The fraction of sp³-hybridized carbons (Fsp3) is 0.227. The van der Waals surface area contributed by atoms with Crippen LogP contribution in [-0.4, -0.2) is 34.1 Å². The Morgan fingerprint density at radius 3 is 2.68 bits per heavy atom. The number of nitrogen functional groups attached to an aromatic ring is 1. The Hall–Kier alpha value is -3.03. The lowest BCUT2D eigenvalue weighted by atomic mass is 9.99. The van der Waals surface area contributed by atoms with Crippen molar-refractivity contribution in [3.8, 4) is 16.9 Å². The van der Waals surface area contributed by atoms with Gasteiger partial charge in [-0.2, -0.15) is 0 Å². The molecule has 0 aliphatic heterocycles. The van der Waals surface area contributed by atoms with Crippen molar-refractivity contribution in [2.45, 2.75) is 20.4 Å². The van der Waals surface area contributed by atoms with Gasteiger partial charge in [-0.1, -0.05) is 23.2 Å². The Labute approximate surface area is 189 Å². The smallest absolute Gasteiger partial charge is 0.252 e. The number of aromatic nitrogens is 3. The number of pyridine rings is 2. The summed E-state index contributed by atoms with van der Waals surface area (Å²) in [5.74, 6) is 0.471. The van der Waals surface area contributed by atoms with Crippen molar-refractivity contribution in [1.82, 2.24) is 19.9 Å². The van der Waals surface area contributed by atoms with Crippen molar-refractivity contribution in [2.75, 3.05) is 19.4 Å². The molecular formula is C22H21Cl2N5O2. The fourth-order valence-corrected chi connectivity index (χ4v) is 4.52. The van der Waals surface area contributed by atoms with Crippen LogP contribution in [0.2, 0.25) is 10.0 Å². The van der Waals surface area contributed by atoms with Crippen LogP contribution in [0.1, 0.15) is 24.2 Å². The average molecular weight is 458 g/mol. The molecule has 0 aliphatic carbocycles. The van der Waals surface area contributed by atoms with Crippen LogP contribution in [0.5, 0.6) is 5.75 Å². The normalized spacial score (nSPS) is 11.3. The number of carbonyl (C=O) groups excluding carboxylic acids is 1. The number of hydrogen-bond acceptors (Lipinski definition) is 5. The number of hydrogen-bond donors (Lipinski definition) is 2. The van der Waals surface area contributed by atoms with E-state index in [1.54, 1.807) is 12.4 Å². The van der Waals surface area contributed by atoms with Gasteiger partial charge in [-0.3, -0.25) is 4.79 Å². The Bertz CT molecular complexity index is 1330. The molecule has 3 N–H and O–H groups in total. The Balaban J connectivity index is 2.09. The third kappa shape index (κ3) is 3.34. The predicted molar refractivity (Wildman–Crippen MR) is 125 cm³/mol. The molecule has 0 fully saturated rings. The molecule has 4 aromatic rings. The molecule has 0 atom stereocenters. The van der Waals surface area contributed by atoms with Gasteiger partial charge in [0.25, 0.3) is 5.91 Å². The first-order valence-corrected chi connectivity index (χ1v) is 10.5. The lowest BCUT2D eigenvalue weighted by Crippen LogP contribution is -2.23. The highest BCUT2D eigenvalue weighted by molar-refractivity contribution is 6.42. The van der Waals surface area contributed by atoms with Crippen molar-refractivity contribution < 1.29 is 9.53 Å². The molecule has 4 rings (SSSR count). The molecule has 0 spiro atoms. The highest BCUT2D eigenvalue weighted by Crippen LogP contribution is 2.46. The minimum Gasteiger partial charge on any atom is -0.495 e. The zero-order valence-corrected chi connectivity index (χ0v) is 18.8. The van der Waals surface area contributed by atoms with Gasteiger partial charge in [-0.25, -0.2) is 9.97 Å². The standard InChI is InChI=1S/C22H21Cl2N5O2/c1-4-26-22(30)14-9-15(31-3)18(24)16(17(14)23)13-8-11-10-28-21-12(6-7-27-21)19(11)29(5-2)20(13)25/h6-10H,4-5,25H2,1-3H3,(H,26,30). The summed E-state index contributed by atoms with van der Waals surface area (Å²) in [6.07, 6.45) is 3.46. The zero-order chi connectivity index (χ0) is 22.3. The van der Waals surface area contributed by atoms with E-state index in [-0.39, 0.29) is 21.5 Å². The molecule has 3 heterocycles. The molecule has 7 nitrogen and oxygen atoms in total. The van der Waals surface area contributed by atoms with E-state index < -0.39 is 0 Å². The first-order chi connectivity index (χ1) is 14.9. The number of carbonyl (C=O) groups is 1. The SMILES string of the molecule is CCNC(=O)c1cc(OC)c(Cl)c(-c2cc3cnc4nccc4c3n(CC)c2N)c1Cl. The van der Waals surface area contributed by atoms with Crippen molar-refractivity contribution >= 4 is 56.9 Å². The summed E-state index contributed by atoms with van der Waals surface area (Å²) < 4.78 is 7.39. The summed E-state index contributed by atoms with van der Waals surface area (Å²) in [6, 6.07) is 5.32. The van der Waals surface area contributed by atoms with Crippen molar-refractivity contribution in [1.29, 1.82) is 0 Å². The highest BCUT2D eigenvalue weighted by atomic mass is 35.5. The number of nitrogens with zero attached hydrogens (tertiary/aromatic N) is 3. The number of anilines is 1.